The average Bonchev–Trinajstić information content (AvgIpc) is 2.83. The fourth-order valence-electron chi connectivity index (χ4n) is 1.81. The first kappa shape index (κ1) is 13.5. The fourth-order valence-corrected chi connectivity index (χ4v) is 1.88. The van der Waals surface area contributed by atoms with E-state index >= 15 is 0 Å². The van der Waals surface area contributed by atoms with Gasteiger partial charge in [-0.1, -0.05) is 12.1 Å². The Morgan fingerprint density at radius 2 is 2.16 bits per heavy atom. The molecule has 0 radical (unpaired) electrons. The Hall–Kier alpha value is -1.88. The van der Waals surface area contributed by atoms with Crippen molar-refractivity contribution < 1.29 is 9.18 Å². The number of aromatic nitrogens is 2. The number of carbonyl (C=O) groups is 1. The molecular formula is C13H13ClFN3O. The topological polar surface area (TPSA) is 46.9 Å². The summed E-state index contributed by atoms with van der Waals surface area (Å²) in [4.78, 5) is 15.7. The number of benzene rings is 1. The number of carbonyl (C=O) groups excluding carboxylic acids is 1. The van der Waals surface area contributed by atoms with Gasteiger partial charge in [0, 0.05) is 19.4 Å². The van der Waals surface area contributed by atoms with E-state index in [0.29, 0.717) is 5.82 Å². The lowest BCUT2D eigenvalue weighted by Gasteiger charge is -2.18. The zero-order chi connectivity index (χ0) is 13.8. The Labute approximate surface area is 115 Å². The standard InChI is InChI=1S/C13H13ClFN3O/c1-18-7-6-16-13(18)12(17-11(19)8-14)9-2-4-10(15)5-3-9/h2-7,12H,8H2,1H3,(H,17,19)/t12-/m1/s1. The second kappa shape index (κ2) is 5.84. The maximum Gasteiger partial charge on any atom is 0.235 e. The number of aryl methyl sites for hydroxylation is 1. The third kappa shape index (κ3) is 3.12. The van der Waals surface area contributed by atoms with Gasteiger partial charge in [-0.2, -0.15) is 0 Å². The third-order valence-corrected chi connectivity index (χ3v) is 2.99. The summed E-state index contributed by atoms with van der Waals surface area (Å²) in [6.45, 7) is 0. The van der Waals surface area contributed by atoms with Gasteiger partial charge < -0.3 is 9.88 Å². The zero-order valence-corrected chi connectivity index (χ0v) is 11.1. The minimum Gasteiger partial charge on any atom is -0.341 e. The van der Waals surface area contributed by atoms with E-state index in [4.69, 9.17) is 11.6 Å². The molecule has 1 aromatic carbocycles. The van der Waals surface area contributed by atoms with Gasteiger partial charge in [0.15, 0.2) is 0 Å². The van der Waals surface area contributed by atoms with Crippen LogP contribution in [0.15, 0.2) is 36.7 Å². The quantitative estimate of drug-likeness (QED) is 0.872. The molecule has 0 saturated carbocycles. The predicted molar refractivity (Wildman–Crippen MR) is 70.3 cm³/mol. The number of rotatable bonds is 4. The Morgan fingerprint density at radius 1 is 1.47 bits per heavy atom. The molecule has 0 saturated heterocycles. The van der Waals surface area contributed by atoms with Gasteiger partial charge in [-0.15, -0.1) is 11.6 Å². The number of nitrogens with zero attached hydrogens (tertiary/aromatic N) is 2. The highest BCUT2D eigenvalue weighted by molar-refractivity contribution is 6.27. The molecule has 0 bridgehead atoms. The van der Waals surface area contributed by atoms with E-state index in [1.807, 2.05) is 7.05 Å². The molecule has 0 unspecified atom stereocenters. The maximum atomic E-state index is 13.0. The number of halogens is 2. The zero-order valence-electron chi connectivity index (χ0n) is 10.3. The van der Waals surface area contributed by atoms with Gasteiger partial charge in [-0.05, 0) is 17.7 Å². The van der Waals surface area contributed by atoms with E-state index in [9.17, 15) is 9.18 Å². The summed E-state index contributed by atoms with van der Waals surface area (Å²) >= 11 is 5.51. The molecule has 1 amide bonds. The molecule has 100 valence electrons. The summed E-state index contributed by atoms with van der Waals surface area (Å²) in [5, 5.41) is 2.77. The number of nitrogens with one attached hydrogen (secondary N) is 1. The van der Waals surface area contributed by atoms with Crippen molar-refractivity contribution >= 4 is 17.5 Å². The van der Waals surface area contributed by atoms with Crippen molar-refractivity contribution in [2.24, 2.45) is 7.05 Å². The van der Waals surface area contributed by atoms with Crippen molar-refractivity contribution in [3.8, 4) is 0 Å². The van der Waals surface area contributed by atoms with Gasteiger partial charge in [0.2, 0.25) is 5.91 Å². The van der Waals surface area contributed by atoms with Crippen LogP contribution in [-0.4, -0.2) is 21.3 Å². The summed E-state index contributed by atoms with van der Waals surface area (Å²) < 4.78 is 14.8. The van der Waals surface area contributed by atoms with Gasteiger partial charge in [0.25, 0.3) is 0 Å². The highest BCUT2D eigenvalue weighted by Gasteiger charge is 2.20. The SMILES string of the molecule is Cn1ccnc1[C@H](NC(=O)CCl)c1ccc(F)cc1. The van der Waals surface area contributed by atoms with Crippen LogP contribution in [0.4, 0.5) is 4.39 Å². The van der Waals surface area contributed by atoms with Crippen LogP contribution >= 0.6 is 11.6 Å². The molecule has 1 heterocycles. The van der Waals surface area contributed by atoms with Gasteiger partial charge in [0.05, 0.1) is 0 Å². The first-order chi connectivity index (χ1) is 9.11. The average molecular weight is 282 g/mol. The Bertz CT molecular complexity index is 568. The Kier molecular flexibility index (Phi) is 4.16. The van der Waals surface area contributed by atoms with E-state index in [1.54, 1.807) is 29.1 Å². The minimum atomic E-state index is -0.452. The van der Waals surface area contributed by atoms with Gasteiger partial charge in [-0.25, -0.2) is 9.37 Å². The third-order valence-electron chi connectivity index (χ3n) is 2.75. The molecule has 0 aliphatic heterocycles. The largest absolute Gasteiger partial charge is 0.341 e. The van der Waals surface area contributed by atoms with Crippen LogP contribution < -0.4 is 5.32 Å². The van der Waals surface area contributed by atoms with E-state index < -0.39 is 6.04 Å². The molecule has 2 aromatic rings. The van der Waals surface area contributed by atoms with Crippen LogP contribution in [0.3, 0.4) is 0 Å². The molecule has 1 aromatic heterocycles. The summed E-state index contributed by atoms with van der Waals surface area (Å²) in [6, 6.07) is 5.47. The first-order valence-electron chi connectivity index (χ1n) is 5.70. The number of amides is 1. The summed E-state index contributed by atoms with van der Waals surface area (Å²) in [6.07, 6.45) is 3.41. The molecular weight excluding hydrogens is 269 g/mol. The van der Waals surface area contributed by atoms with Crippen LogP contribution in [0.5, 0.6) is 0 Å². The predicted octanol–water partition coefficient (Wildman–Crippen LogP) is 2.00. The molecule has 4 nitrogen and oxygen atoms in total. The summed E-state index contributed by atoms with van der Waals surface area (Å²) in [7, 11) is 1.83. The first-order valence-corrected chi connectivity index (χ1v) is 6.23. The minimum absolute atomic E-state index is 0.137. The van der Waals surface area contributed by atoms with Crippen LogP contribution in [0, 0.1) is 5.82 Å². The number of alkyl halides is 1. The highest BCUT2D eigenvalue weighted by Crippen LogP contribution is 2.20. The van der Waals surface area contributed by atoms with Gasteiger partial charge >= 0.3 is 0 Å². The smallest absolute Gasteiger partial charge is 0.235 e. The molecule has 2 rings (SSSR count). The van der Waals surface area contributed by atoms with Crippen LogP contribution in [0.1, 0.15) is 17.4 Å². The maximum absolute atomic E-state index is 13.0. The molecule has 19 heavy (non-hydrogen) atoms. The van der Waals surface area contributed by atoms with Crippen molar-refractivity contribution in [1.82, 2.24) is 14.9 Å². The molecule has 0 aliphatic carbocycles. The molecule has 0 spiro atoms. The van der Waals surface area contributed by atoms with Crippen LogP contribution in [0.2, 0.25) is 0 Å². The van der Waals surface area contributed by atoms with Crippen molar-refractivity contribution in [2.45, 2.75) is 6.04 Å². The lowest BCUT2D eigenvalue weighted by atomic mass is 10.1. The lowest BCUT2D eigenvalue weighted by Crippen LogP contribution is -2.31. The van der Waals surface area contributed by atoms with E-state index in [1.165, 1.54) is 12.1 Å². The second-order valence-electron chi connectivity index (χ2n) is 4.08. The van der Waals surface area contributed by atoms with Crippen molar-refractivity contribution in [2.75, 3.05) is 5.88 Å². The van der Waals surface area contributed by atoms with E-state index in [0.717, 1.165) is 5.56 Å². The Balaban J connectivity index is 2.37. The number of hydrogen-bond donors (Lipinski definition) is 1. The molecule has 1 atom stereocenters. The monoisotopic (exact) mass is 281 g/mol. The number of imidazole rings is 1. The van der Waals surface area contributed by atoms with Crippen LogP contribution in [-0.2, 0) is 11.8 Å². The van der Waals surface area contributed by atoms with E-state index in [-0.39, 0.29) is 17.6 Å². The molecule has 0 fully saturated rings. The Morgan fingerprint density at radius 3 is 2.68 bits per heavy atom. The molecule has 6 heteroatoms. The van der Waals surface area contributed by atoms with Crippen LogP contribution in [0.25, 0.3) is 0 Å². The van der Waals surface area contributed by atoms with Crippen molar-refractivity contribution in [1.29, 1.82) is 0 Å². The molecule has 0 aliphatic rings. The fraction of sp³-hybridized carbons (Fsp3) is 0.231. The molecule has 1 N–H and O–H groups in total. The number of hydrogen-bond acceptors (Lipinski definition) is 2. The van der Waals surface area contributed by atoms with E-state index in [2.05, 4.69) is 10.3 Å². The summed E-state index contributed by atoms with van der Waals surface area (Å²) in [5.41, 5.74) is 0.745. The van der Waals surface area contributed by atoms with Crippen molar-refractivity contribution in [3.05, 3.63) is 53.9 Å². The summed E-state index contributed by atoms with van der Waals surface area (Å²) in [5.74, 6) is -0.114. The van der Waals surface area contributed by atoms with Gasteiger partial charge in [-0.3, -0.25) is 4.79 Å². The highest BCUT2D eigenvalue weighted by atomic mass is 35.5. The normalized spacial score (nSPS) is 12.2. The second-order valence-corrected chi connectivity index (χ2v) is 4.35. The van der Waals surface area contributed by atoms with Gasteiger partial charge in [0.1, 0.15) is 23.6 Å². The lowest BCUT2D eigenvalue weighted by molar-refractivity contribution is -0.119. The van der Waals surface area contributed by atoms with Crippen molar-refractivity contribution in [3.63, 3.8) is 0 Å².